The van der Waals surface area contributed by atoms with Crippen molar-refractivity contribution in [2.24, 2.45) is 11.8 Å². The Hall–Kier alpha value is -0.820. The molecule has 3 unspecified atom stereocenters. The normalized spacial score (nSPS) is 25.3. The zero-order chi connectivity index (χ0) is 14.0. The molecule has 1 fully saturated rings. The van der Waals surface area contributed by atoms with E-state index in [-0.39, 0.29) is 6.10 Å². The Morgan fingerprint density at radius 1 is 1.16 bits per heavy atom. The van der Waals surface area contributed by atoms with Crippen LogP contribution in [0.25, 0.3) is 0 Å². The van der Waals surface area contributed by atoms with Gasteiger partial charge in [-0.25, -0.2) is 0 Å². The molecule has 1 nitrogen and oxygen atoms in total. The summed E-state index contributed by atoms with van der Waals surface area (Å²) in [4.78, 5) is 0. The Bertz CT molecular complexity index is 412. The lowest BCUT2D eigenvalue weighted by atomic mass is 9.75. The second-order valence-electron chi connectivity index (χ2n) is 6.46. The molecule has 1 aliphatic carbocycles. The van der Waals surface area contributed by atoms with Crippen LogP contribution in [-0.4, -0.2) is 5.11 Å². The first-order chi connectivity index (χ1) is 9.02. The van der Waals surface area contributed by atoms with Crippen molar-refractivity contribution in [2.75, 3.05) is 0 Å². The third-order valence-corrected chi connectivity index (χ3v) is 4.88. The maximum Gasteiger partial charge on any atom is 0.0823 e. The number of aryl methyl sites for hydroxylation is 3. The highest BCUT2D eigenvalue weighted by molar-refractivity contribution is 5.39. The molecule has 0 saturated heterocycles. The maximum absolute atomic E-state index is 10.8. The molecular formula is C18H28O. The van der Waals surface area contributed by atoms with E-state index in [0.717, 1.165) is 5.92 Å². The summed E-state index contributed by atoms with van der Waals surface area (Å²) in [5.41, 5.74) is 4.99. The minimum absolute atomic E-state index is 0.269. The van der Waals surface area contributed by atoms with Gasteiger partial charge in [-0.05, 0) is 62.1 Å². The zero-order valence-corrected chi connectivity index (χ0v) is 12.9. The van der Waals surface area contributed by atoms with Gasteiger partial charge in [-0.15, -0.1) is 0 Å². The van der Waals surface area contributed by atoms with E-state index in [1.165, 1.54) is 54.4 Å². The Balaban J connectivity index is 2.21. The van der Waals surface area contributed by atoms with E-state index in [1.54, 1.807) is 0 Å². The molecule has 106 valence electrons. The number of aliphatic hydroxyl groups excluding tert-OH is 1. The Labute approximate surface area is 118 Å². The van der Waals surface area contributed by atoms with Crippen LogP contribution < -0.4 is 0 Å². The molecule has 1 aliphatic rings. The third-order valence-electron chi connectivity index (χ3n) is 4.88. The van der Waals surface area contributed by atoms with Crippen molar-refractivity contribution >= 4 is 0 Å². The van der Waals surface area contributed by atoms with E-state index in [1.807, 2.05) is 0 Å². The molecule has 1 saturated carbocycles. The van der Waals surface area contributed by atoms with Gasteiger partial charge < -0.3 is 5.11 Å². The largest absolute Gasteiger partial charge is 0.388 e. The summed E-state index contributed by atoms with van der Waals surface area (Å²) in [6.45, 7) is 8.68. The van der Waals surface area contributed by atoms with Crippen molar-refractivity contribution in [2.45, 2.75) is 65.9 Å². The minimum Gasteiger partial charge on any atom is -0.388 e. The first-order valence-electron chi connectivity index (χ1n) is 7.78. The van der Waals surface area contributed by atoms with Crippen molar-refractivity contribution in [3.05, 3.63) is 34.4 Å². The molecular weight excluding hydrogens is 232 g/mol. The van der Waals surface area contributed by atoms with Crippen LogP contribution in [0.15, 0.2) is 12.1 Å². The first-order valence-corrected chi connectivity index (χ1v) is 7.78. The van der Waals surface area contributed by atoms with Gasteiger partial charge in [0.1, 0.15) is 0 Å². The maximum atomic E-state index is 10.8. The molecule has 1 heteroatoms. The van der Waals surface area contributed by atoms with Crippen molar-refractivity contribution in [1.29, 1.82) is 0 Å². The molecule has 2 rings (SSSR count). The predicted octanol–water partition coefficient (Wildman–Crippen LogP) is 4.86. The van der Waals surface area contributed by atoms with Crippen LogP contribution >= 0.6 is 0 Å². The van der Waals surface area contributed by atoms with Gasteiger partial charge in [0.05, 0.1) is 6.10 Å². The highest BCUT2D eigenvalue weighted by Gasteiger charge is 2.29. The molecule has 0 amide bonds. The van der Waals surface area contributed by atoms with Crippen LogP contribution in [0.3, 0.4) is 0 Å². The summed E-state index contributed by atoms with van der Waals surface area (Å²) >= 11 is 0. The molecule has 1 aromatic carbocycles. The van der Waals surface area contributed by atoms with Crippen molar-refractivity contribution < 1.29 is 5.11 Å². The van der Waals surface area contributed by atoms with Crippen molar-refractivity contribution in [1.82, 2.24) is 0 Å². The first kappa shape index (κ1) is 14.6. The smallest absolute Gasteiger partial charge is 0.0823 e. The quantitative estimate of drug-likeness (QED) is 0.822. The van der Waals surface area contributed by atoms with Gasteiger partial charge in [-0.3, -0.25) is 0 Å². The Kier molecular flexibility index (Phi) is 4.67. The summed E-state index contributed by atoms with van der Waals surface area (Å²) in [6, 6.07) is 4.40. The standard InChI is InChI=1S/C18H28O/c1-5-15-7-6-8-16(11-15)18(19)17-13(3)9-12(2)10-14(17)4/h9-10,15-16,18-19H,5-8,11H2,1-4H3. The average Bonchev–Trinajstić information content (AvgIpc) is 2.37. The second-order valence-corrected chi connectivity index (χ2v) is 6.46. The molecule has 0 bridgehead atoms. The van der Waals surface area contributed by atoms with Crippen LogP contribution in [0, 0.1) is 32.6 Å². The Morgan fingerprint density at radius 2 is 1.79 bits per heavy atom. The topological polar surface area (TPSA) is 20.2 Å². The molecule has 1 N–H and O–H groups in total. The highest BCUT2D eigenvalue weighted by atomic mass is 16.3. The fraction of sp³-hybridized carbons (Fsp3) is 0.667. The SMILES string of the molecule is CCC1CCCC(C(O)c2c(C)cc(C)cc2C)C1. The van der Waals surface area contributed by atoms with Crippen LogP contribution in [0.2, 0.25) is 0 Å². The predicted molar refractivity (Wildman–Crippen MR) is 81.4 cm³/mol. The van der Waals surface area contributed by atoms with Gasteiger partial charge in [0, 0.05) is 0 Å². The summed E-state index contributed by atoms with van der Waals surface area (Å²) in [7, 11) is 0. The summed E-state index contributed by atoms with van der Waals surface area (Å²) in [5, 5.41) is 10.8. The molecule has 3 atom stereocenters. The van der Waals surface area contributed by atoms with Gasteiger partial charge in [0.15, 0.2) is 0 Å². The number of aliphatic hydroxyl groups is 1. The molecule has 1 aromatic rings. The van der Waals surface area contributed by atoms with E-state index < -0.39 is 0 Å². The average molecular weight is 260 g/mol. The number of rotatable bonds is 3. The van der Waals surface area contributed by atoms with Crippen molar-refractivity contribution in [3.63, 3.8) is 0 Å². The van der Waals surface area contributed by atoms with Gasteiger partial charge in [-0.2, -0.15) is 0 Å². The number of hydrogen-bond acceptors (Lipinski definition) is 1. The van der Waals surface area contributed by atoms with E-state index >= 15 is 0 Å². The van der Waals surface area contributed by atoms with Crippen LogP contribution in [0.4, 0.5) is 0 Å². The van der Waals surface area contributed by atoms with Crippen LogP contribution in [0.1, 0.15) is 67.4 Å². The van der Waals surface area contributed by atoms with E-state index in [9.17, 15) is 5.11 Å². The Morgan fingerprint density at radius 3 is 2.37 bits per heavy atom. The van der Waals surface area contributed by atoms with Crippen LogP contribution in [-0.2, 0) is 0 Å². The lowest BCUT2D eigenvalue weighted by Crippen LogP contribution is -2.22. The van der Waals surface area contributed by atoms with Gasteiger partial charge in [-0.1, -0.05) is 43.9 Å². The molecule has 0 radical (unpaired) electrons. The van der Waals surface area contributed by atoms with Gasteiger partial charge >= 0.3 is 0 Å². The zero-order valence-electron chi connectivity index (χ0n) is 12.9. The van der Waals surface area contributed by atoms with Gasteiger partial charge in [0.2, 0.25) is 0 Å². The number of hydrogen-bond donors (Lipinski definition) is 1. The summed E-state index contributed by atoms with van der Waals surface area (Å²) < 4.78 is 0. The second kappa shape index (κ2) is 6.09. The molecule has 0 spiro atoms. The highest BCUT2D eigenvalue weighted by Crippen LogP contribution is 2.40. The molecule has 0 heterocycles. The lowest BCUT2D eigenvalue weighted by Gasteiger charge is -2.33. The summed E-state index contributed by atoms with van der Waals surface area (Å²) in [6.07, 6.45) is 6.01. The molecule has 0 aromatic heterocycles. The monoisotopic (exact) mass is 260 g/mol. The fourth-order valence-corrected chi connectivity index (χ4v) is 3.88. The van der Waals surface area contributed by atoms with Crippen LogP contribution in [0.5, 0.6) is 0 Å². The van der Waals surface area contributed by atoms with E-state index in [0.29, 0.717) is 5.92 Å². The third kappa shape index (κ3) is 3.20. The van der Waals surface area contributed by atoms with E-state index in [2.05, 4.69) is 39.8 Å². The molecule has 19 heavy (non-hydrogen) atoms. The number of benzene rings is 1. The van der Waals surface area contributed by atoms with Crippen molar-refractivity contribution in [3.8, 4) is 0 Å². The van der Waals surface area contributed by atoms with Gasteiger partial charge in [0.25, 0.3) is 0 Å². The summed E-state index contributed by atoms with van der Waals surface area (Å²) in [5.74, 6) is 1.28. The fourth-order valence-electron chi connectivity index (χ4n) is 3.88. The lowest BCUT2D eigenvalue weighted by molar-refractivity contribution is 0.0668. The minimum atomic E-state index is -0.269. The van der Waals surface area contributed by atoms with E-state index in [4.69, 9.17) is 0 Å². The molecule has 0 aliphatic heterocycles.